The van der Waals surface area contributed by atoms with Crippen molar-refractivity contribution in [3.8, 4) is 17.1 Å². The number of hydrogen-bond donors (Lipinski definition) is 2. The fraction of sp³-hybridized carbons (Fsp3) is 0.500. The van der Waals surface area contributed by atoms with Gasteiger partial charge in [0.25, 0.3) is 5.56 Å². The highest BCUT2D eigenvalue weighted by Crippen LogP contribution is 2.19. The number of nitrogens with zero attached hydrogens (tertiary/aromatic N) is 2. The number of aryl methyl sites for hydroxylation is 1. The summed E-state index contributed by atoms with van der Waals surface area (Å²) in [5.41, 5.74) is 0.720. The van der Waals surface area contributed by atoms with Gasteiger partial charge < -0.3 is 15.0 Å². The van der Waals surface area contributed by atoms with E-state index in [4.69, 9.17) is 4.74 Å². The summed E-state index contributed by atoms with van der Waals surface area (Å²) in [5, 5.41) is 11.1. The molecule has 1 aliphatic rings. The summed E-state index contributed by atoms with van der Waals surface area (Å²) in [6.45, 7) is 3.92. The summed E-state index contributed by atoms with van der Waals surface area (Å²) in [5.74, 6) is 1.12. The van der Waals surface area contributed by atoms with Gasteiger partial charge in [-0.3, -0.25) is 9.59 Å². The van der Waals surface area contributed by atoms with E-state index in [2.05, 4.69) is 20.5 Å². The zero-order chi connectivity index (χ0) is 19.2. The van der Waals surface area contributed by atoms with Gasteiger partial charge >= 0.3 is 0 Å². The lowest BCUT2D eigenvalue weighted by atomic mass is 10.2. The highest BCUT2D eigenvalue weighted by atomic mass is 16.5. The third-order valence-electron chi connectivity index (χ3n) is 4.57. The third-order valence-corrected chi connectivity index (χ3v) is 4.57. The maximum absolute atomic E-state index is 12.3. The molecule has 1 amide bonds. The molecule has 1 aromatic heterocycles. The van der Waals surface area contributed by atoms with Crippen molar-refractivity contribution in [2.75, 3.05) is 0 Å². The van der Waals surface area contributed by atoms with E-state index in [-0.39, 0.29) is 42.1 Å². The van der Waals surface area contributed by atoms with Crippen LogP contribution in [0.25, 0.3) is 11.4 Å². The molecular weight excluding hydrogens is 344 g/mol. The Bertz CT molecular complexity index is 824. The summed E-state index contributed by atoms with van der Waals surface area (Å²) < 4.78 is 5.60. The number of benzene rings is 1. The molecule has 7 heteroatoms. The Morgan fingerprint density at radius 3 is 2.56 bits per heavy atom. The normalized spacial score (nSPS) is 14.5. The molecule has 0 spiro atoms. The number of H-pyrrole nitrogens is 1. The van der Waals surface area contributed by atoms with Crippen molar-refractivity contribution in [3.05, 3.63) is 40.3 Å². The Morgan fingerprint density at radius 1 is 1.22 bits per heavy atom. The lowest BCUT2D eigenvalue weighted by Crippen LogP contribution is -2.33. The Hall–Kier alpha value is -2.70. The fourth-order valence-electron chi connectivity index (χ4n) is 3.22. The molecule has 0 unspecified atom stereocenters. The van der Waals surface area contributed by atoms with E-state index >= 15 is 0 Å². The lowest BCUT2D eigenvalue weighted by molar-refractivity contribution is -0.121. The lowest BCUT2D eigenvalue weighted by Gasteiger charge is -2.11. The molecule has 1 fully saturated rings. The second kappa shape index (κ2) is 8.79. The first-order valence-electron chi connectivity index (χ1n) is 9.53. The Kier molecular flexibility index (Phi) is 6.21. The van der Waals surface area contributed by atoms with E-state index in [0.29, 0.717) is 5.82 Å². The van der Waals surface area contributed by atoms with E-state index in [1.165, 1.54) is 12.8 Å². The maximum atomic E-state index is 12.3. The highest BCUT2D eigenvalue weighted by molar-refractivity contribution is 5.76. The molecule has 7 nitrogen and oxygen atoms in total. The van der Waals surface area contributed by atoms with Crippen LogP contribution in [0.5, 0.6) is 5.75 Å². The number of nitrogens with one attached hydrogen (secondary N) is 2. The van der Waals surface area contributed by atoms with Crippen LogP contribution in [0.3, 0.4) is 0 Å². The van der Waals surface area contributed by atoms with Crippen LogP contribution in [-0.4, -0.2) is 33.2 Å². The second-order valence-corrected chi connectivity index (χ2v) is 7.19. The van der Waals surface area contributed by atoms with Crippen molar-refractivity contribution < 1.29 is 9.53 Å². The number of hydrogen-bond acceptors (Lipinski definition) is 5. The van der Waals surface area contributed by atoms with Crippen molar-refractivity contribution in [3.63, 3.8) is 0 Å². The van der Waals surface area contributed by atoms with Gasteiger partial charge in [-0.05, 0) is 51.0 Å². The molecule has 0 bridgehead atoms. The summed E-state index contributed by atoms with van der Waals surface area (Å²) in [6.07, 6.45) is 5.05. The van der Waals surface area contributed by atoms with Crippen LogP contribution in [-0.2, 0) is 11.2 Å². The topological polar surface area (TPSA) is 97.0 Å². The minimum Gasteiger partial charge on any atom is -0.491 e. The van der Waals surface area contributed by atoms with Gasteiger partial charge in [-0.1, -0.05) is 12.8 Å². The summed E-state index contributed by atoms with van der Waals surface area (Å²) >= 11 is 0. The third kappa shape index (κ3) is 5.39. The van der Waals surface area contributed by atoms with E-state index in [1.54, 1.807) is 0 Å². The Balaban J connectivity index is 1.59. The second-order valence-electron chi connectivity index (χ2n) is 7.19. The van der Waals surface area contributed by atoms with E-state index in [9.17, 15) is 9.59 Å². The number of carbonyl (C=O) groups is 1. The van der Waals surface area contributed by atoms with Crippen LogP contribution in [0.1, 0.15) is 51.6 Å². The standard InChI is InChI=1S/C20H26N4O3/c1-13(2)27-16-9-7-14(8-10-16)19-22-20(26)17(23-24-19)11-12-18(25)21-15-5-3-4-6-15/h7-10,13,15H,3-6,11-12H2,1-2H3,(H,21,25)(H,22,24,26). The first-order chi connectivity index (χ1) is 13.0. The number of aromatic amines is 1. The van der Waals surface area contributed by atoms with Crippen LogP contribution in [0.15, 0.2) is 29.1 Å². The summed E-state index contributed by atoms with van der Waals surface area (Å²) in [4.78, 5) is 27.0. The molecule has 0 saturated heterocycles. The highest BCUT2D eigenvalue weighted by Gasteiger charge is 2.17. The SMILES string of the molecule is CC(C)Oc1ccc(-c2nnc(CCC(=O)NC3CCCC3)c(=O)[nH]2)cc1. The molecule has 1 aromatic carbocycles. The predicted molar refractivity (Wildman–Crippen MR) is 103 cm³/mol. The number of ether oxygens (including phenoxy) is 1. The van der Waals surface area contributed by atoms with Gasteiger partial charge in [-0.25, -0.2) is 0 Å². The quantitative estimate of drug-likeness (QED) is 0.781. The molecule has 144 valence electrons. The predicted octanol–water partition coefficient (Wildman–Crippen LogP) is 2.61. The molecule has 2 aromatic rings. The molecule has 1 heterocycles. The van der Waals surface area contributed by atoms with Crippen molar-refractivity contribution in [1.82, 2.24) is 20.5 Å². The molecule has 2 N–H and O–H groups in total. The van der Waals surface area contributed by atoms with Gasteiger partial charge in [0, 0.05) is 24.4 Å². The van der Waals surface area contributed by atoms with Crippen LogP contribution < -0.4 is 15.6 Å². The number of carbonyl (C=O) groups excluding carboxylic acids is 1. The Morgan fingerprint density at radius 2 is 1.93 bits per heavy atom. The Labute approximate surface area is 158 Å². The number of amides is 1. The van der Waals surface area contributed by atoms with Gasteiger partial charge in [0.2, 0.25) is 5.91 Å². The zero-order valence-corrected chi connectivity index (χ0v) is 15.8. The molecule has 3 rings (SSSR count). The first kappa shape index (κ1) is 19.1. The van der Waals surface area contributed by atoms with Crippen molar-refractivity contribution in [2.45, 2.75) is 64.5 Å². The first-order valence-corrected chi connectivity index (χ1v) is 9.53. The van der Waals surface area contributed by atoms with Crippen molar-refractivity contribution in [2.24, 2.45) is 0 Å². The van der Waals surface area contributed by atoms with Gasteiger partial charge in [0.15, 0.2) is 5.82 Å². The molecule has 0 radical (unpaired) electrons. The largest absolute Gasteiger partial charge is 0.491 e. The van der Waals surface area contributed by atoms with Gasteiger partial charge in [-0.15, -0.1) is 10.2 Å². The average Bonchev–Trinajstić information content (AvgIpc) is 3.14. The average molecular weight is 370 g/mol. The zero-order valence-electron chi connectivity index (χ0n) is 15.8. The van der Waals surface area contributed by atoms with Crippen molar-refractivity contribution in [1.29, 1.82) is 0 Å². The molecule has 1 saturated carbocycles. The minimum atomic E-state index is -0.309. The van der Waals surface area contributed by atoms with E-state index in [1.807, 2.05) is 38.1 Å². The monoisotopic (exact) mass is 370 g/mol. The van der Waals surface area contributed by atoms with Gasteiger partial charge in [0.05, 0.1) is 6.10 Å². The summed E-state index contributed by atoms with van der Waals surface area (Å²) in [6, 6.07) is 7.60. The molecule has 0 atom stereocenters. The van der Waals surface area contributed by atoms with Crippen LogP contribution >= 0.6 is 0 Å². The fourth-order valence-corrected chi connectivity index (χ4v) is 3.22. The summed E-state index contributed by atoms with van der Waals surface area (Å²) in [7, 11) is 0. The van der Waals surface area contributed by atoms with E-state index in [0.717, 1.165) is 24.2 Å². The minimum absolute atomic E-state index is 0.0343. The molecular formula is C20H26N4O3. The van der Waals surface area contributed by atoms with Crippen LogP contribution in [0.4, 0.5) is 0 Å². The number of rotatable bonds is 7. The van der Waals surface area contributed by atoms with Gasteiger partial charge in [-0.2, -0.15) is 0 Å². The molecule has 27 heavy (non-hydrogen) atoms. The van der Waals surface area contributed by atoms with Crippen LogP contribution in [0.2, 0.25) is 0 Å². The maximum Gasteiger partial charge on any atom is 0.273 e. The van der Waals surface area contributed by atoms with Crippen molar-refractivity contribution >= 4 is 5.91 Å². The molecule has 1 aliphatic carbocycles. The number of aromatic nitrogens is 3. The smallest absolute Gasteiger partial charge is 0.273 e. The van der Waals surface area contributed by atoms with Gasteiger partial charge in [0.1, 0.15) is 11.4 Å². The van der Waals surface area contributed by atoms with E-state index < -0.39 is 0 Å². The molecule has 0 aliphatic heterocycles. The van der Waals surface area contributed by atoms with Crippen LogP contribution in [0, 0.1) is 0 Å².